The summed E-state index contributed by atoms with van der Waals surface area (Å²) in [6.45, 7) is 5.52. The van der Waals surface area contributed by atoms with Gasteiger partial charge in [-0.25, -0.2) is 4.39 Å². The molecule has 1 N–H and O–H groups in total. The van der Waals surface area contributed by atoms with Crippen molar-refractivity contribution in [3.8, 4) is 0 Å². The van der Waals surface area contributed by atoms with Gasteiger partial charge in [-0.3, -0.25) is 9.59 Å². The lowest BCUT2D eigenvalue weighted by atomic mass is 10.2. The molecule has 156 valence electrons. The van der Waals surface area contributed by atoms with E-state index < -0.39 is 11.1 Å². The van der Waals surface area contributed by atoms with E-state index in [9.17, 15) is 14.0 Å². The highest BCUT2D eigenvalue weighted by molar-refractivity contribution is 8.00. The molecule has 0 aliphatic carbocycles. The van der Waals surface area contributed by atoms with Crippen LogP contribution in [-0.2, 0) is 22.7 Å². The molecule has 2 heterocycles. The van der Waals surface area contributed by atoms with E-state index in [0.717, 1.165) is 25.8 Å². The molecule has 1 atom stereocenters. The van der Waals surface area contributed by atoms with Crippen molar-refractivity contribution < 1.29 is 14.0 Å². The van der Waals surface area contributed by atoms with Gasteiger partial charge in [-0.15, -0.1) is 10.2 Å². The summed E-state index contributed by atoms with van der Waals surface area (Å²) in [5.74, 6) is 0.0844. The number of likely N-dealkylation sites (tertiary alicyclic amines) is 1. The number of nitrogens with zero attached hydrogens (tertiary/aromatic N) is 4. The Morgan fingerprint density at radius 1 is 1.28 bits per heavy atom. The molecular weight excluding hydrogens is 393 g/mol. The van der Waals surface area contributed by atoms with Crippen LogP contribution in [0.25, 0.3) is 0 Å². The Kier molecular flexibility index (Phi) is 7.24. The van der Waals surface area contributed by atoms with Gasteiger partial charge in [0.25, 0.3) is 0 Å². The highest BCUT2D eigenvalue weighted by atomic mass is 32.2. The number of rotatable bonds is 7. The maximum Gasteiger partial charge on any atom is 0.237 e. The molecule has 0 bridgehead atoms. The summed E-state index contributed by atoms with van der Waals surface area (Å²) < 4.78 is 15.7. The molecule has 1 aromatic carbocycles. The van der Waals surface area contributed by atoms with E-state index in [1.807, 2.05) is 16.4 Å². The SMILES string of the molecule is CCn1c(CN2CCCCCC2=O)nnc1S[C@H](C)C(=O)Nc1ccccc1F. The number of para-hydroxylation sites is 1. The van der Waals surface area contributed by atoms with Crippen LogP contribution in [0.1, 0.15) is 45.4 Å². The predicted molar refractivity (Wildman–Crippen MR) is 110 cm³/mol. The Balaban J connectivity index is 1.67. The van der Waals surface area contributed by atoms with Gasteiger partial charge in [0.15, 0.2) is 11.0 Å². The summed E-state index contributed by atoms with van der Waals surface area (Å²) >= 11 is 1.27. The monoisotopic (exact) mass is 419 g/mol. The Morgan fingerprint density at radius 3 is 2.83 bits per heavy atom. The topological polar surface area (TPSA) is 80.1 Å². The van der Waals surface area contributed by atoms with Crippen LogP contribution in [-0.4, -0.2) is 43.3 Å². The van der Waals surface area contributed by atoms with Crippen LogP contribution in [0.2, 0.25) is 0 Å². The first-order valence-corrected chi connectivity index (χ1v) is 10.8. The molecule has 3 rings (SSSR count). The number of hydrogen-bond acceptors (Lipinski definition) is 5. The summed E-state index contributed by atoms with van der Waals surface area (Å²) in [5.41, 5.74) is 0.155. The number of halogens is 1. The van der Waals surface area contributed by atoms with E-state index in [4.69, 9.17) is 0 Å². The summed E-state index contributed by atoms with van der Waals surface area (Å²) in [6, 6.07) is 6.07. The van der Waals surface area contributed by atoms with Gasteiger partial charge >= 0.3 is 0 Å². The van der Waals surface area contributed by atoms with Gasteiger partial charge in [-0.1, -0.05) is 30.3 Å². The molecule has 1 fully saturated rings. The third-order valence-electron chi connectivity index (χ3n) is 4.90. The van der Waals surface area contributed by atoms with E-state index in [0.29, 0.717) is 30.5 Å². The molecular formula is C20H26FN5O2S. The van der Waals surface area contributed by atoms with Gasteiger partial charge in [0, 0.05) is 19.5 Å². The summed E-state index contributed by atoms with van der Waals surface area (Å²) in [4.78, 5) is 26.6. The fourth-order valence-corrected chi connectivity index (χ4v) is 4.16. The summed E-state index contributed by atoms with van der Waals surface area (Å²) in [7, 11) is 0. The fraction of sp³-hybridized carbons (Fsp3) is 0.500. The van der Waals surface area contributed by atoms with Crippen LogP contribution in [0.3, 0.4) is 0 Å². The van der Waals surface area contributed by atoms with E-state index in [1.165, 1.54) is 23.9 Å². The molecule has 2 amide bonds. The molecule has 0 unspecified atom stereocenters. The van der Waals surface area contributed by atoms with Crippen molar-refractivity contribution in [3.63, 3.8) is 0 Å². The number of thioether (sulfide) groups is 1. The lowest BCUT2D eigenvalue weighted by Crippen LogP contribution is -2.31. The normalized spacial score (nSPS) is 15.8. The van der Waals surface area contributed by atoms with Crippen LogP contribution in [0.15, 0.2) is 29.4 Å². The van der Waals surface area contributed by atoms with E-state index in [-0.39, 0.29) is 17.5 Å². The van der Waals surface area contributed by atoms with Crippen molar-refractivity contribution in [2.75, 3.05) is 11.9 Å². The van der Waals surface area contributed by atoms with Gasteiger partial charge in [0.05, 0.1) is 17.5 Å². The lowest BCUT2D eigenvalue weighted by molar-refractivity contribution is -0.131. The maximum absolute atomic E-state index is 13.8. The molecule has 7 nitrogen and oxygen atoms in total. The van der Waals surface area contributed by atoms with Gasteiger partial charge in [0.2, 0.25) is 11.8 Å². The van der Waals surface area contributed by atoms with Gasteiger partial charge in [-0.05, 0) is 38.8 Å². The van der Waals surface area contributed by atoms with Gasteiger partial charge in [-0.2, -0.15) is 0 Å². The number of hydrogen-bond donors (Lipinski definition) is 1. The quantitative estimate of drug-likeness (QED) is 0.695. The van der Waals surface area contributed by atoms with Crippen molar-refractivity contribution in [1.29, 1.82) is 0 Å². The van der Waals surface area contributed by atoms with Crippen molar-refractivity contribution in [2.24, 2.45) is 0 Å². The summed E-state index contributed by atoms with van der Waals surface area (Å²) in [6.07, 6.45) is 3.58. The Labute approximate surface area is 174 Å². The Bertz CT molecular complexity index is 872. The first kappa shape index (κ1) is 21.3. The second-order valence-corrected chi connectivity index (χ2v) is 8.31. The number of amides is 2. The molecule has 0 saturated carbocycles. The predicted octanol–water partition coefficient (Wildman–Crippen LogP) is 3.46. The average molecular weight is 420 g/mol. The average Bonchev–Trinajstić information content (AvgIpc) is 2.96. The van der Waals surface area contributed by atoms with Crippen LogP contribution >= 0.6 is 11.8 Å². The third-order valence-corrected chi connectivity index (χ3v) is 5.98. The zero-order chi connectivity index (χ0) is 20.8. The maximum atomic E-state index is 13.8. The minimum Gasteiger partial charge on any atom is -0.335 e. The van der Waals surface area contributed by atoms with Crippen LogP contribution in [0, 0.1) is 5.82 Å². The fourth-order valence-electron chi connectivity index (χ4n) is 3.23. The first-order chi connectivity index (χ1) is 14.0. The molecule has 1 saturated heterocycles. The van der Waals surface area contributed by atoms with E-state index >= 15 is 0 Å². The molecule has 0 radical (unpaired) electrons. The number of anilines is 1. The van der Waals surface area contributed by atoms with Crippen molar-refractivity contribution in [2.45, 2.75) is 63.0 Å². The largest absolute Gasteiger partial charge is 0.335 e. The highest BCUT2D eigenvalue weighted by Gasteiger charge is 2.23. The standard InChI is InChI=1S/C20H26FN5O2S/c1-3-26-17(13-25-12-8-4-5-11-18(25)27)23-24-20(26)29-14(2)19(28)22-16-10-7-6-9-15(16)21/h6-7,9-10,14H,3-5,8,11-13H2,1-2H3,(H,22,28)/t14-/m1/s1. The van der Waals surface area contributed by atoms with Crippen molar-refractivity contribution in [3.05, 3.63) is 35.9 Å². The number of nitrogens with one attached hydrogen (secondary N) is 1. The number of carbonyl (C=O) groups is 2. The third kappa shape index (κ3) is 5.35. The zero-order valence-electron chi connectivity index (χ0n) is 16.7. The van der Waals surface area contributed by atoms with Crippen LogP contribution < -0.4 is 5.32 Å². The Morgan fingerprint density at radius 2 is 2.07 bits per heavy atom. The highest BCUT2D eigenvalue weighted by Crippen LogP contribution is 2.25. The van der Waals surface area contributed by atoms with Gasteiger partial charge in [0.1, 0.15) is 5.82 Å². The number of aromatic nitrogens is 3. The second kappa shape index (κ2) is 9.87. The second-order valence-electron chi connectivity index (χ2n) is 7.00. The first-order valence-electron chi connectivity index (χ1n) is 9.91. The van der Waals surface area contributed by atoms with E-state index in [1.54, 1.807) is 19.1 Å². The van der Waals surface area contributed by atoms with Gasteiger partial charge < -0.3 is 14.8 Å². The molecule has 9 heteroatoms. The Hall–Kier alpha value is -2.42. The van der Waals surface area contributed by atoms with Crippen molar-refractivity contribution >= 4 is 29.3 Å². The lowest BCUT2D eigenvalue weighted by Gasteiger charge is -2.20. The molecule has 0 spiro atoms. The van der Waals surface area contributed by atoms with Crippen LogP contribution in [0.4, 0.5) is 10.1 Å². The van der Waals surface area contributed by atoms with Crippen molar-refractivity contribution in [1.82, 2.24) is 19.7 Å². The minimum atomic E-state index is -0.489. The summed E-state index contributed by atoms with van der Waals surface area (Å²) in [5, 5.41) is 11.2. The molecule has 1 aliphatic rings. The minimum absolute atomic E-state index is 0.153. The molecule has 29 heavy (non-hydrogen) atoms. The smallest absolute Gasteiger partial charge is 0.237 e. The molecule has 2 aromatic rings. The molecule has 1 aromatic heterocycles. The number of benzene rings is 1. The zero-order valence-corrected chi connectivity index (χ0v) is 17.5. The van der Waals surface area contributed by atoms with Crippen LogP contribution in [0.5, 0.6) is 0 Å². The number of carbonyl (C=O) groups excluding carboxylic acids is 2. The van der Waals surface area contributed by atoms with E-state index in [2.05, 4.69) is 15.5 Å². The molecule has 1 aliphatic heterocycles.